The Kier molecular flexibility index (Phi) is 4.12. The van der Waals surface area contributed by atoms with Gasteiger partial charge in [-0.3, -0.25) is 9.89 Å². The van der Waals surface area contributed by atoms with Gasteiger partial charge in [-0.1, -0.05) is 0 Å². The number of carbonyl (C=O) groups is 1. The normalized spacial score (nSPS) is 10.1. The van der Waals surface area contributed by atoms with E-state index in [2.05, 4.69) is 15.5 Å². The van der Waals surface area contributed by atoms with Crippen molar-refractivity contribution < 1.29 is 9.53 Å². The van der Waals surface area contributed by atoms with Crippen LogP contribution in [0.15, 0.2) is 6.20 Å². The lowest BCUT2D eigenvalue weighted by atomic mass is 10.3. The number of aromatic amines is 1. The molecule has 1 aromatic rings. The quantitative estimate of drug-likeness (QED) is 0.694. The second-order valence-corrected chi connectivity index (χ2v) is 2.92. The summed E-state index contributed by atoms with van der Waals surface area (Å²) in [6, 6.07) is 0. The number of aromatic nitrogens is 2. The molecule has 5 heteroatoms. The number of carbonyl (C=O) groups excluding carboxylic acids is 1. The molecule has 1 amide bonds. The maximum Gasteiger partial charge on any atom is 0.227 e. The van der Waals surface area contributed by atoms with Crippen LogP contribution in [-0.4, -0.2) is 29.3 Å². The summed E-state index contributed by atoms with van der Waals surface area (Å²) < 4.78 is 5.07. The van der Waals surface area contributed by atoms with E-state index >= 15 is 0 Å². The topological polar surface area (TPSA) is 67.0 Å². The van der Waals surface area contributed by atoms with Gasteiger partial charge in [0, 0.05) is 12.2 Å². The molecular formula is C9H15N3O2. The van der Waals surface area contributed by atoms with Crippen molar-refractivity contribution in [2.75, 3.05) is 18.5 Å². The van der Waals surface area contributed by atoms with Crippen LogP contribution in [0.5, 0.6) is 0 Å². The Balaban J connectivity index is 2.31. The third-order valence-corrected chi connectivity index (χ3v) is 1.77. The molecule has 0 spiro atoms. The van der Waals surface area contributed by atoms with Crippen LogP contribution in [0.1, 0.15) is 18.9 Å². The largest absolute Gasteiger partial charge is 0.381 e. The molecule has 0 aliphatic carbocycles. The third kappa shape index (κ3) is 3.18. The predicted molar refractivity (Wildman–Crippen MR) is 53.1 cm³/mol. The Labute approximate surface area is 82.8 Å². The lowest BCUT2D eigenvalue weighted by Crippen LogP contribution is -2.14. The van der Waals surface area contributed by atoms with E-state index in [9.17, 15) is 4.79 Å². The number of ether oxygens (including phenoxy) is 1. The number of hydrogen-bond donors (Lipinski definition) is 2. The highest BCUT2D eigenvalue weighted by molar-refractivity contribution is 5.90. The van der Waals surface area contributed by atoms with Gasteiger partial charge >= 0.3 is 0 Å². The summed E-state index contributed by atoms with van der Waals surface area (Å²) in [6.45, 7) is 4.87. The fourth-order valence-electron chi connectivity index (χ4n) is 0.984. The predicted octanol–water partition coefficient (Wildman–Crippen LogP) is 1.08. The molecule has 0 saturated carbocycles. The maximum atomic E-state index is 11.3. The number of rotatable bonds is 5. The van der Waals surface area contributed by atoms with Crippen LogP contribution in [0.4, 0.5) is 5.82 Å². The summed E-state index contributed by atoms with van der Waals surface area (Å²) in [4.78, 5) is 11.3. The Hall–Kier alpha value is -1.36. The van der Waals surface area contributed by atoms with Crippen LogP contribution >= 0.6 is 0 Å². The van der Waals surface area contributed by atoms with Crippen LogP contribution in [-0.2, 0) is 9.53 Å². The standard InChI is InChI=1S/C9H15N3O2/c1-3-14-5-4-8(13)11-9-7(2)6-10-12-9/h6H,3-5H2,1-2H3,(H2,10,11,12,13). The first-order valence-electron chi connectivity index (χ1n) is 4.61. The molecule has 14 heavy (non-hydrogen) atoms. The lowest BCUT2D eigenvalue weighted by molar-refractivity contribution is -0.117. The van der Waals surface area contributed by atoms with E-state index < -0.39 is 0 Å². The second kappa shape index (κ2) is 5.39. The molecule has 5 nitrogen and oxygen atoms in total. The summed E-state index contributed by atoms with van der Waals surface area (Å²) in [5, 5.41) is 9.22. The number of amides is 1. The van der Waals surface area contributed by atoms with Gasteiger partial charge in [-0.2, -0.15) is 5.10 Å². The van der Waals surface area contributed by atoms with Crippen LogP contribution < -0.4 is 5.32 Å². The molecule has 0 saturated heterocycles. The fourth-order valence-corrected chi connectivity index (χ4v) is 0.984. The van der Waals surface area contributed by atoms with Crippen LogP contribution in [0.25, 0.3) is 0 Å². The van der Waals surface area contributed by atoms with Crippen molar-refractivity contribution >= 4 is 11.7 Å². The molecular weight excluding hydrogens is 182 g/mol. The monoisotopic (exact) mass is 197 g/mol. The lowest BCUT2D eigenvalue weighted by Gasteiger charge is -2.03. The van der Waals surface area contributed by atoms with Crippen molar-refractivity contribution in [3.8, 4) is 0 Å². The highest BCUT2D eigenvalue weighted by atomic mass is 16.5. The summed E-state index contributed by atoms with van der Waals surface area (Å²) >= 11 is 0. The zero-order chi connectivity index (χ0) is 10.4. The van der Waals surface area contributed by atoms with E-state index in [4.69, 9.17) is 4.74 Å². The minimum atomic E-state index is -0.0641. The van der Waals surface area contributed by atoms with Crippen molar-refractivity contribution in [3.05, 3.63) is 11.8 Å². The van der Waals surface area contributed by atoms with Gasteiger partial charge in [0.05, 0.1) is 19.2 Å². The van der Waals surface area contributed by atoms with Gasteiger partial charge in [0.15, 0.2) is 0 Å². The average Bonchev–Trinajstić information content (AvgIpc) is 2.52. The Morgan fingerprint density at radius 1 is 1.71 bits per heavy atom. The highest BCUT2D eigenvalue weighted by Gasteiger charge is 2.05. The number of hydrogen-bond acceptors (Lipinski definition) is 3. The van der Waals surface area contributed by atoms with E-state index in [1.165, 1.54) is 0 Å². The van der Waals surface area contributed by atoms with Crippen molar-refractivity contribution in [1.29, 1.82) is 0 Å². The van der Waals surface area contributed by atoms with Crippen molar-refractivity contribution in [2.24, 2.45) is 0 Å². The number of nitrogens with one attached hydrogen (secondary N) is 2. The number of aryl methyl sites for hydroxylation is 1. The van der Waals surface area contributed by atoms with Gasteiger partial charge in [0.1, 0.15) is 5.82 Å². The average molecular weight is 197 g/mol. The van der Waals surface area contributed by atoms with Crippen molar-refractivity contribution in [2.45, 2.75) is 20.3 Å². The second-order valence-electron chi connectivity index (χ2n) is 2.92. The van der Waals surface area contributed by atoms with Gasteiger partial charge < -0.3 is 10.1 Å². The van der Waals surface area contributed by atoms with Gasteiger partial charge in [0.25, 0.3) is 0 Å². The molecule has 0 fully saturated rings. The van der Waals surface area contributed by atoms with Crippen molar-refractivity contribution in [3.63, 3.8) is 0 Å². The fraction of sp³-hybridized carbons (Fsp3) is 0.556. The Morgan fingerprint density at radius 2 is 2.50 bits per heavy atom. The first kappa shape index (κ1) is 10.7. The van der Waals surface area contributed by atoms with Crippen LogP contribution in [0, 0.1) is 6.92 Å². The number of nitrogens with zero attached hydrogens (tertiary/aromatic N) is 1. The zero-order valence-electron chi connectivity index (χ0n) is 8.46. The summed E-state index contributed by atoms with van der Waals surface area (Å²) in [6.07, 6.45) is 2.03. The van der Waals surface area contributed by atoms with E-state index in [1.54, 1.807) is 6.20 Å². The minimum absolute atomic E-state index is 0.0641. The smallest absolute Gasteiger partial charge is 0.227 e. The molecule has 0 radical (unpaired) electrons. The molecule has 0 aromatic carbocycles. The van der Waals surface area contributed by atoms with Gasteiger partial charge in [0.2, 0.25) is 5.91 Å². The van der Waals surface area contributed by atoms with Crippen molar-refractivity contribution in [1.82, 2.24) is 10.2 Å². The summed E-state index contributed by atoms with van der Waals surface area (Å²) in [5.74, 6) is 0.595. The van der Waals surface area contributed by atoms with E-state index in [1.807, 2.05) is 13.8 Å². The molecule has 0 aliphatic rings. The minimum Gasteiger partial charge on any atom is -0.381 e. The third-order valence-electron chi connectivity index (χ3n) is 1.77. The van der Waals surface area contributed by atoms with Crippen LogP contribution in [0.3, 0.4) is 0 Å². The molecule has 1 aromatic heterocycles. The van der Waals surface area contributed by atoms with Crippen LogP contribution in [0.2, 0.25) is 0 Å². The molecule has 0 aliphatic heterocycles. The molecule has 0 unspecified atom stereocenters. The SMILES string of the molecule is CCOCCC(=O)Nc1[nH]ncc1C. The molecule has 0 atom stereocenters. The molecule has 78 valence electrons. The Morgan fingerprint density at radius 3 is 3.07 bits per heavy atom. The Bertz CT molecular complexity index is 296. The summed E-state index contributed by atoms with van der Waals surface area (Å²) in [7, 11) is 0. The van der Waals surface area contributed by atoms with E-state index in [0.29, 0.717) is 25.5 Å². The van der Waals surface area contributed by atoms with E-state index in [0.717, 1.165) is 5.56 Å². The summed E-state index contributed by atoms with van der Waals surface area (Å²) in [5.41, 5.74) is 0.926. The maximum absolute atomic E-state index is 11.3. The zero-order valence-corrected chi connectivity index (χ0v) is 8.46. The molecule has 0 bridgehead atoms. The molecule has 1 heterocycles. The number of anilines is 1. The van der Waals surface area contributed by atoms with Gasteiger partial charge in [-0.05, 0) is 13.8 Å². The highest BCUT2D eigenvalue weighted by Crippen LogP contribution is 2.08. The van der Waals surface area contributed by atoms with E-state index in [-0.39, 0.29) is 5.91 Å². The molecule has 1 rings (SSSR count). The van der Waals surface area contributed by atoms with Gasteiger partial charge in [-0.15, -0.1) is 0 Å². The van der Waals surface area contributed by atoms with Gasteiger partial charge in [-0.25, -0.2) is 0 Å². The number of H-pyrrole nitrogens is 1. The first-order valence-corrected chi connectivity index (χ1v) is 4.61. The first-order chi connectivity index (χ1) is 6.74. The molecule has 2 N–H and O–H groups in total.